The SMILES string of the molecule is CCN(C)CCNc1nc(C(C)(C)C)nc(NN)c1C. The van der Waals surface area contributed by atoms with Crippen LogP contribution >= 0.6 is 0 Å². The molecular formula is C14H28N6. The van der Waals surface area contributed by atoms with Crippen LogP contribution in [0.15, 0.2) is 0 Å². The molecule has 0 aliphatic carbocycles. The molecule has 1 rings (SSSR count). The van der Waals surface area contributed by atoms with E-state index in [1.165, 1.54) is 0 Å². The summed E-state index contributed by atoms with van der Waals surface area (Å²) in [5.74, 6) is 7.86. The molecule has 0 atom stereocenters. The van der Waals surface area contributed by atoms with Gasteiger partial charge >= 0.3 is 0 Å². The highest BCUT2D eigenvalue weighted by Gasteiger charge is 2.20. The molecular weight excluding hydrogens is 252 g/mol. The number of nitrogen functional groups attached to an aromatic ring is 1. The minimum Gasteiger partial charge on any atom is -0.368 e. The van der Waals surface area contributed by atoms with Gasteiger partial charge in [0.25, 0.3) is 0 Å². The number of nitrogens with two attached hydrogens (primary N) is 1. The molecule has 0 aromatic carbocycles. The van der Waals surface area contributed by atoms with Gasteiger partial charge in [-0.3, -0.25) is 0 Å². The number of hydrazine groups is 1. The Labute approximate surface area is 122 Å². The molecule has 0 saturated heterocycles. The first-order chi connectivity index (χ1) is 9.29. The number of nitrogens with zero attached hydrogens (tertiary/aromatic N) is 3. The van der Waals surface area contributed by atoms with Crippen LogP contribution in [-0.2, 0) is 5.41 Å². The molecule has 0 fully saturated rings. The highest BCUT2D eigenvalue weighted by Crippen LogP contribution is 2.25. The average molecular weight is 280 g/mol. The molecule has 0 radical (unpaired) electrons. The molecule has 1 heterocycles. The van der Waals surface area contributed by atoms with Gasteiger partial charge in [0.2, 0.25) is 0 Å². The summed E-state index contributed by atoms with van der Waals surface area (Å²) >= 11 is 0. The number of hydrogen-bond donors (Lipinski definition) is 3. The summed E-state index contributed by atoms with van der Waals surface area (Å²) in [4.78, 5) is 11.4. The van der Waals surface area contributed by atoms with E-state index >= 15 is 0 Å². The van der Waals surface area contributed by atoms with Gasteiger partial charge < -0.3 is 15.6 Å². The standard InChI is InChI=1S/C14H28N6/c1-7-20(6)9-8-16-11-10(2)12(19-15)18-13(17-11)14(3,4)5/h7-9,15H2,1-6H3,(H2,16,17,18,19). The van der Waals surface area contributed by atoms with E-state index in [4.69, 9.17) is 5.84 Å². The molecule has 6 heteroatoms. The molecule has 0 saturated carbocycles. The maximum Gasteiger partial charge on any atom is 0.148 e. The van der Waals surface area contributed by atoms with E-state index in [0.29, 0.717) is 5.82 Å². The maximum absolute atomic E-state index is 5.55. The zero-order valence-corrected chi connectivity index (χ0v) is 13.5. The van der Waals surface area contributed by atoms with Crippen molar-refractivity contribution in [2.75, 3.05) is 37.4 Å². The van der Waals surface area contributed by atoms with Gasteiger partial charge in [-0.15, -0.1) is 0 Å². The number of aromatic nitrogens is 2. The van der Waals surface area contributed by atoms with E-state index in [-0.39, 0.29) is 5.41 Å². The van der Waals surface area contributed by atoms with Gasteiger partial charge in [-0.05, 0) is 20.5 Å². The Morgan fingerprint density at radius 3 is 2.30 bits per heavy atom. The van der Waals surface area contributed by atoms with Gasteiger partial charge in [-0.25, -0.2) is 15.8 Å². The predicted octanol–water partition coefficient (Wildman–Crippen LogP) is 1.73. The normalized spacial score (nSPS) is 11.8. The largest absolute Gasteiger partial charge is 0.368 e. The van der Waals surface area contributed by atoms with Crippen LogP contribution in [0.4, 0.5) is 11.6 Å². The molecule has 20 heavy (non-hydrogen) atoms. The lowest BCUT2D eigenvalue weighted by Gasteiger charge is -2.21. The van der Waals surface area contributed by atoms with Crippen molar-refractivity contribution in [1.29, 1.82) is 0 Å². The average Bonchev–Trinajstić information content (AvgIpc) is 2.39. The molecule has 6 nitrogen and oxygen atoms in total. The van der Waals surface area contributed by atoms with E-state index in [1.807, 2.05) is 6.92 Å². The third-order valence-electron chi connectivity index (χ3n) is 3.28. The molecule has 0 amide bonds. The van der Waals surface area contributed by atoms with Crippen LogP contribution in [0.2, 0.25) is 0 Å². The van der Waals surface area contributed by atoms with Crippen LogP contribution in [0.1, 0.15) is 39.1 Å². The summed E-state index contributed by atoms with van der Waals surface area (Å²) in [7, 11) is 2.10. The number of hydrogen-bond acceptors (Lipinski definition) is 6. The summed E-state index contributed by atoms with van der Waals surface area (Å²) < 4.78 is 0. The monoisotopic (exact) mass is 280 g/mol. The van der Waals surface area contributed by atoms with Crippen molar-refractivity contribution < 1.29 is 0 Å². The van der Waals surface area contributed by atoms with Gasteiger partial charge in [0, 0.05) is 24.1 Å². The molecule has 0 aliphatic heterocycles. The smallest absolute Gasteiger partial charge is 0.148 e. The van der Waals surface area contributed by atoms with Crippen LogP contribution in [0.5, 0.6) is 0 Å². The van der Waals surface area contributed by atoms with Crippen molar-refractivity contribution in [1.82, 2.24) is 14.9 Å². The van der Waals surface area contributed by atoms with Gasteiger partial charge in [0.05, 0.1) is 0 Å². The highest BCUT2D eigenvalue weighted by atomic mass is 15.3. The maximum atomic E-state index is 5.55. The molecule has 0 bridgehead atoms. The number of nitrogens with one attached hydrogen (secondary N) is 2. The van der Waals surface area contributed by atoms with Crippen LogP contribution in [0, 0.1) is 6.92 Å². The van der Waals surface area contributed by atoms with Crippen molar-refractivity contribution >= 4 is 11.6 Å². The Bertz CT molecular complexity index is 438. The fourth-order valence-corrected chi connectivity index (χ4v) is 1.69. The molecule has 0 spiro atoms. The Balaban J connectivity index is 2.94. The highest BCUT2D eigenvalue weighted by molar-refractivity contribution is 5.57. The second kappa shape index (κ2) is 6.85. The topological polar surface area (TPSA) is 79.1 Å². The quantitative estimate of drug-likeness (QED) is 0.544. The lowest BCUT2D eigenvalue weighted by atomic mass is 9.95. The number of likely N-dealkylation sites (N-methyl/N-ethyl adjacent to an activating group) is 1. The second-order valence-corrected chi connectivity index (χ2v) is 6.09. The Hall–Kier alpha value is -1.40. The first-order valence-electron chi connectivity index (χ1n) is 7.07. The van der Waals surface area contributed by atoms with E-state index in [0.717, 1.165) is 36.8 Å². The summed E-state index contributed by atoms with van der Waals surface area (Å²) in [6.45, 7) is 13.2. The lowest BCUT2D eigenvalue weighted by molar-refractivity contribution is 0.367. The van der Waals surface area contributed by atoms with Gasteiger partial charge in [-0.1, -0.05) is 27.7 Å². The number of rotatable bonds is 6. The fraction of sp³-hybridized carbons (Fsp3) is 0.714. The summed E-state index contributed by atoms with van der Waals surface area (Å²) in [6, 6.07) is 0. The van der Waals surface area contributed by atoms with Gasteiger partial charge in [-0.2, -0.15) is 0 Å². The van der Waals surface area contributed by atoms with Crippen molar-refractivity contribution in [2.24, 2.45) is 5.84 Å². The van der Waals surface area contributed by atoms with Crippen LogP contribution in [0.3, 0.4) is 0 Å². The zero-order valence-electron chi connectivity index (χ0n) is 13.5. The van der Waals surface area contributed by atoms with Crippen LogP contribution < -0.4 is 16.6 Å². The van der Waals surface area contributed by atoms with Crippen molar-refractivity contribution in [3.8, 4) is 0 Å². The van der Waals surface area contributed by atoms with Crippen molar-refractivity contribution in [2.45, 2.75) is 40.0 Å². The summed E-state index contributed by atoms with van der Waals surface area (Å²) in [5, 5.41) is 3.38. The van der Waals surface area contributed by atoms with E-state index < -0.39 is 0 Å². The Morgan fingerprint density at radius 2 is 1.80 bits per heavy atom. The van der Waals surface area contributed by atoms with Crippen molar-refractivity contribution in [3.63, 3.8) is 0 Å². The van der Waals surface area contributed by atoms with Gasteiger partial charge in [0.1, 0.15) is 17.5 Å². The Morgan fingerprint density at radius 1 is 1.20 bits per heavy atom. The third-order valence-corrected chi connectivity index (χ3v) is 3.28. The minimum atomic E-state index is -0.115. The van der Waals surface area contributed by atoms with E-state index in [1.54, 1.807) is 0 Å². The second-order valence-electron chi connectivity index (χ2n) is 6.09. The first kappa shape index (κ1) is 16.7. The molecule has 1 aromatic heterocycles. The zero-order chi connectivity index (χ0) is 15.3. The Kier molecular flexibility index (Phi) is 5.71. The number of anilines is 2. The molecule has 0 aliphatic rings. The van der Waals surface area contributed by atoms with Crippen LogP contribution in [0.25, 0.3) is 0 Å². The molecule has 114 valence electrons. The first-order valence-corrected chi connectivity index (χ1v) is 7.07. The molecule has 1 aromatic rings. The van der Waals surface area contributed by atoms with E-state index in [9.17, 15) is 0 Å². The third kappa shape index (κ3) is 4.31. The van der Waals surface area contributed by atoms with E-state index in [2.05, 4.69) is 60.4 Å². The van der Waals surface area contributed by atoms with Crippen molar-refractivity contribution in [3.05, 3.63) is 11.4 Å². The molecule has 0 unspecified atom stereocenters. The lowest BCUT2D eigenvalue weighted by Crippen LogP contribution is -2.26. The van der Waals surface area contributed by atoms with Gasteiger partial charge in [0.15, 0.2) is 0 Å². The summed E-state index contributed by atoms with van der Waals surface area (Å²) in [5.41, 5.74) is 3.49. The minimum absolute atomic E-state index is 0.115. The summed E-state index contributed by atoms with van der Waals surface area (Å²) in [6.07, 6.45) is 0. The molecule has 4 N–H and O–H groups in total. The predicted molar refractivity (Wildman–Crippen MR) is 84.9 cm³/mol. The fourth-order valence-electron chi connectivity index (χ4n) is 1.69. The van der Waals surface area contributed by atoms with Crippen LogP contribution in [-0.4, -0.2) is 41.5 Å².